The van der Waals surface area contributed by atoms with E-state index in [2.05, 4.69) is 4.72 Å². The highest BCUT2D eigenvalue weighted by Gasteiger charge is 2.39. The molecule has 0 saturated carbocycles. The molecule has 10 heteroatoms. The number of hydrogen-bond donors (Lipinski definition) is 1. The fraction of sp³-hybridized carbons (Fsp3) is 0.579. The summed E-state index contributed by atoms with van der Waals surface area (Å²) in [7, 11) is -1.74. The van der Waals surface area contributed by atoms with Crippen molar-refractivity contribution in [1.82, 2.24) is 9.62 Å². The predicted octanol–water partition coefficient (Wildman–Crippen LogP) is 1.49. The van der Waals surface area contributed by atoms with Crippen LogP contribution in [-0.2, 0) is 19.6 Å². The summed E-state index contributed by atoms with van der Waals surface area (Å²) < 4.78 is 30.5. The summed E-state index contributed by atoms with van der Waals surface area (Å²) in [6.07, 6.45) is 2.94. The lowest BCUT2D eigenvalue weighted by atomic mass is 9.96. The number of carbonyl (C=O) groups is 2. The lowest BCUT2D eigenvalue weighted by molar-refractivity contribution is -0.137. The second-order valence-corrected chi connectivity index (χ2v) is 9.90. The van der Waals surface area contributed by atoms with Gasteiger partial charge < -0.3 is 14.5 Å². The summed E-state index contributed by atoms with van der Waals surface area (Å²) in [5.74, 6) is -0.0423. The van der Waals surface area contributed by atoms with Crippen LogP contribution >= 0.6 is 11.6 Å². The van der Waals surface area contributed by atoms with Gasteiger partial charge in [0.1, 0.15) is 5.75 Å². The predicted molar refractivity (Wildman–Crippen MR) is 111 cm³/mol. The van der Waals surface area contributed by atoms with E-state index in [1.165, 1.54) is 7.11 Å². The van der Waals surface area contributed by atoms with Gasteiger partial charge in [-0.1, -0.05) is 11.6 Å². The number of rotatable bonds is 6. The Morgan fingerprint density at radius 1 is 1.34 bits per heavy atom. The Morgan fingerprint density at radius 3 is 2.79 bits per heavy atom. The molecular formula is C19H26ClN3O5S. The molecule has 2 heterocycles. The van der Waals surface area contributed by atoms with E-state index in [-0.39, 0.29) is 30.7 Å². The molecule has 2 aliphatic rings. The first-order chi connectivity index (χ1) is 13.7. The second-order valence-electron chi connectivity index (χ2n) is 7.63. The number of nitrogens with zero attached hydrogens (tertiary/aromatic N) is 2. The molecule has 1 aromatic rings. The highest BCUT2D eigenvalue weighted by Crippen LogP contribution is 2.36. The van der Waals surface area contributed by atoms with Crippen molar-refractivity contribution in [3.05, 3.63) is 23.2 Å². The van der Waals surface area contributed by atoms with Gasteiger partial charge in [-0.3, -0.25) is 9.59 Å². The maximum Gasteiger partial charge on any atom is 0.228 e. The third-order valence-corrected chi connectivity index (χ3v) is 6.30. The molecule has 2 aliphatic heterocycles. The highest BCUT2D eigenvalue weighted by molar-refractivity contribution is 7.88. The fourth-order valence-electron chi connectivity index (χ4n) is 3.94. The Labute approximate surface area is 176 Å². The van der Waals surface area contributed by atoms with E-state index in [4.69, 9.17) is 16.3 Å². The first-order valence-corrected chi connectivity index (χ1v) is 11.8. The van der Waals surface area contributed by atoms with E-state index in [0.717, 1.165) is 19.1 Å². The van der Waals surface area contributed by atoms with Crippen molar-refractivity contribution < 1.29 is 22.7 Å². The van der Waals surface area contributed by atoms with E-state index in [0.29, 0.717) is 36.1 Å². The zero-order valence-electron chi connectivity index (χ0n) is 16.6. The van der Waals surface area contributed by atoms with Crippen LogP contribution < -0.4 is 14.4 Å². The van der Waals surface area contributed by atoms with Crippen LogP contribution in [0.25, 0.3) is 0 Å². The number of sulfonamides is 1. The number of likely N-dealkylation sites (tertiary alicyclic amines) is 1. The topological polar surface area (TPSA) is 96.0 Å². The van der Waals surface area contributed by atoms with Crippen LogP contribution in [0.1, 0.15) is 19.3 Å². The number of ether oxygens (including phenoxy) is 1. The van der Waals surface area contributed by atoms with E-state index in [9.17, 15) is 18.0 Å². The molecule has 2 saturated heterocycles. The minimum atomic E-state index is -3.26. The van der Waals surface area contributed by atoms with Crippen LogP contribution in [0.5, 0.6) is 5.75 Å². The highest BCUT2D eigenvalue weighted by atomic mass is 35.5. The van der Waals surface area contributed by atoms with Crippen LogP contribution in [0.15, 0.2) is 18.2 Å². The molecule has 2 unspecified atom stereocenters. The van der Waals surface area contributed by atoms with Crippen molar-refractivity contribution in [2.75, 3.05) is 44.4 Å². The lowest BCUT2D eigenvalue weighted by Gasteiger charge is -2.34. The van der Waals surface area contributed by atoms with Gasteiger partial charge in [-0.25, -0.2) is 13.1 Å². The van der Waals surface area contributed by atoms with Crippen molar-refractivity contribution in [2.45, 2.75) is 19.3 Å². The Morgan fingerprint density at radius 2 is 2.10 bits per heavy atom. The third kappa shape index (κ3) is 5.40. The summed E-state index contributed by atoms with van der Waals surface area (Å²) in [4.78, 5) is 29.0. The minimum absolute atomic E-state index is 0.0640. The van der Waals surface area contributed by atoms with Crippen molar-refractivity contribution >= 4 is 39.1 Å². The van der Waals surface area contributed by atoms with Gasteiger partial charge in [-0.05, 0) is 37.0 Å². The molecule has 0 spiro atoms. The molecule has 0 radical (unpaired) electrons. The average Bonchev–Trinajstić information content (AvgIpc) is 3.07. The average molecular weight is 444 g/mol. The van der Waals surface area contributed by atoms with Crippen molar-refractivity contribution in [3.8, 4) is 5.75 Å². The standard InChI is InChI=1S/C19H26ClN3O5S/c1-28-17-6-5-15(20)9-16(17)23-12-14(8-18(23)24)19(25)22-7-3-4-13(11-22)10-21-29(2,26)27/h5-6,9,13-14,21H,3-4,7-8,10-12H2,1-2H3. The van der Waals surface area contributed by atoms with Gasteiger partial charge in [-0.15, -0.1) is 0 Å². The van der Waals surface area contributed by atoms with Gasteiger partial charge in [0.25, 0.3) is 0 Å². The maximum absolute atomic E-state index is 13.0. The molecular weight excluding hydrogens is 418 g/mol. The van der Waals surface area contributed by atoms with Gasteiger partial charge in [-0.2, -0.15) is 0 Å². The van der Waals surface area contributed by atoms with Crippen LogP contribution in [0, 0.1) is 11.8 Å². The van der Waals surface area contributed by atoms with Gasteiger partial charge in [0.05, 0.1) is 25.0 Å². The number of benzene rings is 1. The molecule has 29 heavy (non-hydrogen) atoms. The normalized spacial score (nSPS) is 22.8. The SMILES string of the molecule is COc1ccc(Cl)cc1N1CC(C(=O)N2CCCC(CNS(C)(=O)=O)C2)CC1=O. The Kier molecular flexibility index (Phi) is 6.70. The maximum atomic E-state index is 13.0. The number of piperidine rings is 1. The zero-order chi connectivity index (χ0) is 21.2. The fourth-order valence-corrected chi connectivity index (χ4v) is 4.64. The van der Waals surface area contributed by atoms with Gasteiger partial charge >= 0.3 is 0 Å². The van der Waals surface area contributed by atoms with Gasteiger partial charge in [0.2, 0.25) is 21.8 Å². The van der Waals surface area contributed by atoms with Crippen LogP contribution in [-0.4, -0.2) is 64.7 Å². The third-order valence-electron chi connectivity index (χ3n) is 5.37. The summed E-state index contributed by atoms with van der Waals surface area (Å²) in [5, 5.41) is 0.487. The molecule has 2 atom stereocenters. The van der Waals surface area contributed by atoms with Crippen molar-refractivity contribution in [2.24, 2.45) is 11.8 Å². The Bertz CT molecular complexity index is 892. The Balaban J connectivity index is 1.66. The molecule has 2 amide bonds. The quantitative estimate of drug-likeness (QED) is 0.718. The molecule has 0 aliphatic carbocycles. The van der Waals surface area contributed by atoms with Crippen LogP contribution in [0.2, 0.25) is 5.02 Å². The number of nitrogens with one attached hydrogen (secondary N) is 1. The summed E-state index contributed by atoms with van der Waals surface area (Å²) in [5.41, 5.74) is 0.564. The van der Waals surface area contributed by atoms with Crippen molar-refractivity contribution in [1.29, 1.82) is 0 Å². The van der Waals surface area contributed by atoms with Crippen molar-refractivity contribution in [3.63, 3.8) is 0 Å². The van der Waals surface area contributed by atoms with E-state index >= 15 is 0 Å². The summed E-state index contributed by atoms with van der Waals surface area (Å²) in [6.45, 7) is 1.71. The molecule has 1 N–H and O–H groups in total. The number of hydrogen-bond acceptors (Lipinski definition) is 5. The first kappa shape index (κ1) is 21.9. The van der Waals surface area contributed by atoms with Gasteiger partial charge in [0, 0.05) is 37.6 Å². The van der Waals surface area contributed by atoms with E-state index in [1.54, 1.807) is 28.0 Å². The number of halogens is 1. The Hall–Kier alpha value is -1.84. The molecule has 1 aromatic carbocycles. The first-order valence-electron chi connectivity index (χ1n) is 9.55. The molecule has 0 aromatic heterocycles. The summed E-state index contributed by atoms with van der Waals surface area (Å²) >= 11 is 6.08. The summed E-state index contributed by atoms with van der Waals surface area (Å²) in [6, 6.07) is 5.05. The van der Waals surface area contributed by atoms with E-state index in [1.807, 2.05) is 0 Å². The van der Waals surface area contributed by atoms with Crippen LogP contribution in [0.4, 0.5) is 5.69 Å². The largest absolute Gasteiger partial charge is 0.495 e. The number of carbonyl (C=O) groups excluding carboxylic acids is 2. The smallest absolute Gasteiger partial charge is 0.228 e. The zero-order valence-corrected chi connectivity index (χ0v) is 18.1. The molecule has 8 nitrogen and oxygen atoms in total. The monoisotopic (exact) mass is 443 g/mol. The molecule has 3 rings (SSSR count). The minimum Gasteiger partial charge on any atom is -0.495 e. The lowest BCUT2D eigenvalue weighted by Crippen LogP contribution is -2.46. The molecule has 2 fully saturated rings. The molecule has 0 bridgehead atoms. The number of methoxy groups -OCH3 is 1. The number of anilines is 1. The van der Waals surface area contributed by atoms with E-state index < -0.39 is 15.9 Å². The van der Waals surface area contributed by atoms with Crippen LogP contribution in [0.3, 0.4) is 0 Å². The number of amides is 2. The molecule has 160 valence electrons. The second kappa shape index (κ2) is 8.89. The van der Waals surface area contributed by atoms with Gasteiger partial charge in [0.15, 0.2) is 0 Å².